The van der Waals surface area contributed by atoms with Gasteiger partial charge < -0.3 is 19.6 Å². The summed E-state index contributed by atoms with van der Waals surface area (Å²) in [5, 5.41) is 0. The highest BCUT2D eigenvalue weighted by molar-refractivity contribution is 7.00. The Kier molecular flexibility index (Phi) is 15.6. The van der Waals surface area contributed by atoms with E-state index in [-0.39, 0.29) is 60.9 Å². The van der Waals surface area contributed by atoms with Crippen molar-refractivity contribution in [2.24, 2.45) is 0 Å². The molecule has 9 aromatic carbocycles. The van der Waals surface area contributed by atoms with Crippen LogP contribution >= 0.6 is 0 Å². The Hall–Kier alpha value is -7.76. The van der Waals surface area contributed by atoms with Crippen molar-refractivity contribution in [3.63, 3.8) is 0 Å². The highest BCUT2D eigenvalue weighted by Gasteiger charge is 2.50. The monoisotopic (exact) mass is 1310 g/mol. The first-order valence-corrected chi connectivity index (χ1v) is 37.4. The van der Waals surface area contributed by atoms with Gasteiger partial charge in [-0.15, -0.1) is 0 Å². The summed E-state index contributed by atoms with van der Waals surface area (Å²) < 4.78 is 0. The van der Waals surface area contributed by atoms with E-state index in [1.807, 2.05) is 0 Å². The van der Waals surface area contributed by atoms with Crippen LogP contribution in [-0.2, 0) is 54.1 Å². The van der Waals surface area contributed by atoms with E-state index in [0.29, 0.717) is 0 Å². The van der Waals surface area contributed by atoms with Gasteiger partial charge in [-0.3, -0.25) is 0 Å². The van der Waals surface area contributed by atoms with Crippen molar-refractivity contribution in [3.05, 3.63) is 231 Å². The molecule has 2 aliphatic heterocycles. The van der Waals surface area contributed by atoms with E-state index < -0.39 is 0 Å². The lowest BCUT2D eigenvalue weighted by atomic mass is 9.33. The third-order valence-electron chi connectivity index (χ3n) is 24.5. The SMILES string of the molecule is Cc1cc2c(cc1N1c3cc(N(c4ccc(C(C)(C)C)cc4)c4ccc(C(C)(C)C)cc4)ccc3B3c4cc5c(cc4N(c4ccc6c(c4)C(C)(C)CCC6(C)C)c4cc(N(c6ccc(C(C)(C)C)cc6)c6ccc(C(C)(C)C)cc6)cc1c43)C(C)(C)CCC5(C)C)C(C)(C)CC2(C)C. The number of fused-ring (bicyclic) bond motifs is 7. The van der Waals surface area contributed by atoms with Crippen LogP contribution in [0.5, 0.6) is 0 Å². The molecule has 99 heavy (non-hydrogen) atoms. The molecule has 0 atom stereocenters. The maximum Gasteiger partial charge on any atom is 0.252 e. The Morgan fingerprint density at radius 2 is 0.626 bits per heavy atom. The highest BCUT2D eigenvalue weighted by atomic mass is 15.2. The van der Waals surface area contributed by atoms with E-state index in [1.165, 1.54) is 112 Å². The van der Waals surface area contributed by atoms with Crippen LogP contribution < -0.4 is 36.0 Å². The molecule has 4 nitrogen and oxygen atoms in total. The molecule has 0 unspecified atom stereocenters. The predicted octanol–water partition coefficient (Wildman–Crippen LogP) is 24.9. The molecule has 0 saturated heterocycles. The van der Waals surface area contributed by atoms with Gasteiger partial charge in [0.05, 0.1) is 5.69 Å². The van der Waals surface area contributed by atoms with Crippen LogP contribution in [0.3, 0.4) is 0 Å². The van der Waals surface area contributed by atoms with Crippen LogP contribution in [0.2, 0.25) is 0 Å². The maximum atomic E-state index is 2.76. The second kappa shape index (κ2) is 22.6. The quantitative estimate of drug-likeness (QED) is 0.141. The summed E-state index contributed by atoms with van der Waals surface area (Å²) in [4.78, 5) is 10.6. The molecular formula is C94H113BN4. The number of rotatable bonds is 8. The van der Waals surface area contributed by atoms with E-state index in [9.17, 15) is 0 Å². The summed E-state index contributed by atoms with van der Waals surface area (Å²) in [6.07, 6.45) is 5.64. The topological polar surface area (TPSA) is 13.0 Å². The normalized spacial score (nSPS) is 18.2. The van der Waals surface area contributed by atoms with E-state index in [0.717, 1.165) is 66.2 Å². The van der Waals surface area contributed by atoms with Gasteiger partial charge in [0.25, 0.3) is 6.71 Å². The molecule has 0 saturated carbocycles. The summed E-state index contributed by atoms with van der Waals surface area (Å²) in [5.74, 6) is 0. The zero-order valence-corrected chi connectivity index (χ0v) is 65.1. The average Bonchev–Trinajstić information content (AvgIpc) is 0.727. The minimum absolute atomic E-state index is 0.00251. The van der Waals surface area contributed by atoms with E-state index >= 15 is 0 Å². The molecule has 5 aliphatic rings. The molecule has 512 valence electrons. The summed E-state index contributed by atoms with van der Waals surface area (Å²) in [5.41, 5.74) is 33.4. The average molecular weight is 1310 g/mol. The van der Waals surface area contributed by atoms with Crippen LogP contribution in [0, 0.1) is 6.92 Å². The van der Waals surface area contributed by atoms with Crippen molar-refractivity contribution in [3.8, 4) is 0 Å². The third-order valence-corrected chi connectivity index (χ3v) is 24.5. The fourth-order valence-corrected chi connectivity index (χ4v) is 18.2. The summed E-state index contributed by atoms with van der Waals surface area (Å²) in [6, 6.07) is 69.0. The molecule has 2 heterocycles. The smallest absolute Gasteiger partial charge is 0.252 e. The van der Waals surface area contributed by atoms with Crippen LogP contribution in [0.1, 0.15) is 259 Å². The largest absolute Gasteiger partial charge is 0.311 e. The Bertz CT molecular complexity index is 4560. The minimum Gasteiger partial charge on any atom is -0.311 e. The second-order valence-electron chi connectivity index (χ2n) is 39.0. The predicted molar refractivity (Wildman–Crippen MR) is 431 cm³/mol. The first-order chi connectivity index (χ1) is 45.9. The van der Waals surface area contributed by atoms with Crippen LogP contribution in [0.15, 0.2) is 170 Å². The number of nitrogens with zero attached hydrogens (tertiary/aromatic N) is 4. The minimum atomic E-state index is -0.129. The second-order valence-corrected chi connectivity index (χ2v) is 39.0. The van der Waals surface area contributed by atoms with Gasteiger partial charge in [-0.25, -0.2) is 0 Å². The Morgan fingerprint density at radius 3 is 1.06 bits per heavy atom. The van der Waals surface area contributed by atoms with Crippen molar-refractivity contribution in [1.82, 2.24) is 0 Å². The summed E-state index contributed by atoms with van der Waals surface area (Å²) >= 11 is 0. The van der Waals surface area contributed by atoms with Crippen molar-refractivity contribution in [1.29, 1.82) is 0 Å². The molecule has 5 heteroatoms. The Labute approximate surface area is 597 Å². The maximum absolute atomic E-state index is 2.76. The van der Waals surface area contributed by atoms with E-state index in [4.69, 9.17) is 0 Å². The first-order valence-electron chi connectivity index (χ1n) is 37.4. The third kappa shape index (κ3) is 11.6. The molecule has 0 fully saturated rings. The van der Waals surface area contributed by atoms with Crippen LogP contribution in [0.4, 0.5) is 68.2 Å². The zero-order valence-electron chi connectivity index (χ0n) is 65.1. The van der Waals surface area contributed by atoms with Crippen LogP contribution in [-0.4, -0.2) is 6.71 Å². The lowest BCUT2D eigenvalue weighted by Crippen LogP contribution is -2.62. The lowest BCUT2D eigenvalue weighted by Gasteiger charge is -2.48. The number of anilines is 12. The first kappa shape index (κ1) is 68.4. The standard InChI is InChI=1S/C94H113BN4/c1-59-50-72-76(94(24,25)58-93(72,22)23)56-79(59)99-80-52-69(96(64-34-26-60(27-35-64)85(2,3)4)65-36-28-61(29-37-65)86(5,6)7)43-45-77(80)95-78-55-74-75(92(20,21)49-48-91(74,18)19)57-81(78)98(68-42-44-71-73(51-68)90(16,17)47-46-89(71,14)15)82-53-70(54-83(99)84(82)95)97(66-38-30-62(31-39-66)87(8,9)10)67-40-32-63(33-41-67)88(11,12)13/h26-45,50-57H,46-49,58H2,1-25H3. The van der Waals surface area contributed by atoms with Crippen molar-refractivity contribution >= 4 is 91.3 Å². The van der Waals surface area contributed by atoms with Gasteiger partial charge in [-0.2, -0.15) is 0 Å². The molecule has 0 radical (unpaired) electrons. The fourth-order valence-electron chi connectivity index (χ4n) is 18.2. The molecular weight excluding hydrogens is 1200 g/mol. The van der Waals surface area contributed by atoms with Gasteiger partial charge >= 0.3 is 0 Å². The van der Waals surface area contributed by atoms with Crippen molar-refractivity contribution < 1.29 is 0 Å². The van der Waals surface area contributed by atoms with E-state index in [1.54, 1.807) is 0 Å². The lowest BCUT2D eigenvalue weighted by molar-refractivity contribution is 0.332. The zero-order chi connectivity index (χ0) is 71.2. The number of hydrogen-bond acceptors (Lipinski definition) is 4. The van der Waals surface area contributed by atoms with Gasteiger partial charge in [0.2, 0.25) is 0 Å². The molecule has 14 rings (SSSR count). The molecule has 3 aliphatic carbocycles. The molecule has 0 bridgehead atoms. The van der Waals surface area contributed by atoms with Crippen LogP contribution in [0.25, 0.3) is 0 Å². The fraction of sp³-hybridized carbons (Fsp3) is 0.426. The molecule has 0 aromatic heterocycles. The van der Waals surface area contributed by atoms with Gasteiger partial charge in [-0.05, 0) is 268 Å². The van der Waals surface area contributed by atoms with Crippen molar-refractivity contribution in [2.45, 2.75) is 259 Å². The molecule has 0 spiro atoms. The molecule has 0 amide bonds. The molecule has 9 aromatic rings. The van der Waals surface area contributed by atoms with Crippen molar-refractivity contribution in [2.75, 3.05) is 19.6 Å². The highest BCUT2D eigenvalue weighted by Crippen LogP contribution is 2.57. The Morgan fingerprint density at radius 1 is 0.293 bits per heavy atom. The van der Waals surface area contributed by atoms with Gasteiger partial charge in [0.15, 0.2) is 0 Å². The Balaban J connectivity index is 1.15. The van der Waals surface area contributed by atoms with Gasteiger partial charge in [0.1, 0.15) is 0 Å². The van der Waals surface area contributed by atoms with Gasteiger partial charge in [-0.1, -0.05) is 239 Å². The summed E-state index contributed by atoms with van der Waals surface area (Å²) in [6.45, 7) is 60.1. The molecule has 0 N–H and O–H groups in total. The number of aryl methyl sites for hydroxylation is 1. The number of benzene rings is 9. The van der Waals surface area contributed by atoms with E-state index in [2.05, 4.69) is 363 Å². The summed E-state index contributed by atoms with van der Waals surface area (Å²) in [7, 11) is 0. The van der Waals surface area contributed by atoms with Gasteiger partial charge in [0, 0.05) is 62.6 Å². The number of hydrogen-bond donors (Lipinski definition) is 0.